The fourth-order valence-electron chi connectivity index (χ4n) is 4.24. The second kappa shape index (κ2) is 7.15. The minimum Gasteiger partial charge on any atom is -0.456 e. The molecule has 4 N–H and O–H groups in total. The first kappa shape index (κ1) is 19.9. The Kier molecular flexibility index (Phi) is 4.91. The molecule has 1 fully saturated rings. The minimum absolute atomic E-state index is 0.0483. The molecule has 8 heteroatoms. The van der Waals surface area contributed by atoms with Crippen LogP contribution in [-0.2, 0) is 0 Å². The van der Waals surface area contributed by atoms with Gasteiger partial charge in [-0.2, -0.15) is 4.98 Å². The normalized spacial score (nSPS) is 24.3. The molecule has 0 radical (unpaired) electrons. The van der Waals surface area contributed by atoms with Gasteiger partial charge in [-0.05, 0) is 56.2 Å². The summed E-state index contributed by atoms with van der Waals surface area (Å²) in [6.45, 7) is 6.06. The zero-order valence-electron chi connectivity index (χ0n) is 16.6. The number of rotatable bonds is 4. The van der Waals surface area contributed by atoms with Crippen molar-refractivity contribution in [3.8, 4) is 11.3 Å². The van der Waals surface area contributed by atoms with Crippen molar-refractivity contribution in [2.75, 3.05) is 17.7 Å². The molecule has 0 saturated heterocycles. The number of aliphatic hydroxyl groups excluding tert-OH is 1. The smallest absolute Gasteiger partial charge is 0.223 e. The van der Waals surface area contributed by atoms with Crippen LogP contribution in [0.15, 0.2) is 22.6 Å². The van der Waals surface area contributed by atoms with Crippen molar-refractivity contribution in [3.63, 3.8) is 0 Å². The van der Waals surface area contributed by atoms with Gasteiger partial charge in [-0.15, -0.1) is 0 Å². The largest absolute Gasteiger partial charge is 0.456 e. The van der Waals surface area contributed by atoms with Crippen molar-refractivity contribution in [2.24, 2.45) is 11.8 Å². The zero-order valence-corrected chi connectivity index (χ0v) is 17.3. The molecular formula is C21H24ClFN4O2. The number of aromatic nitrogens is 2. The first-order chi connectivity index (χ1) is 13.7. The van der Waals surface area contributed by atoms with Gasteiger partial charge in [0.05, 0.1) is 5.56 Å². The van der Waals surface area contributed by atoms with Gasteiger partial charge >= 0.3 is 0 Å². The lowest BCUT2D eigenvalue weighted by Gasteiger charge is -2.33. The number of benzene rings is 1. The molecule has 3 aromatic rings. The maximum Gasteiger partial charge on any atom is 0.223 e. The van der Waals surface area contributed by atoms with E-state index < -0.39 is 0 Å². The third-order valence-electron chi connectivity index (χ3n) is 6.31. The summed E-state index contributed by atoms with van der Waals surface area (Å²) in [6.07, 6.45) is 1.78. The highest BCUT2D eigenvalue weighted by Gasteiger charge is 2.43. The van der Waals surface area contributed by atoms with Crippen LogP contribution >= 0.6 is 11.6 Å². The summed E-state index contributed by atoms with van der Waals surface area (Å²) >= 11 is 6.44. The third kappa shape index (κ3) is 3.42. The van der Waals surface area contributed by atoms with Crippen molar-refractivity contribution in [1.82, 2.24) is 9.97 Å². The molecule has 3 unspecified atom stereocenters. The van der Waals surface area contributed by atoms with Crippen LogP contribution in [-0.4, -0.2) is 27.2 Å². The highest BCUT2D eigenvalue weighted by atomic mass is 35.5. The molecule has 4 rings (SSSR count). The summed E-state index contributed by atoms with van der Waals surface area (Å²) in [5.41, 5.74) is 6.99. The van der Waals surface area contributed by atoms with E-state index in [2.05, 4.69) is 29.1 Å². The van der Waals surface area contributed by atoms with Crippen LogP contribution in [0.2, 0.25) is 5.15 Å². The van der Waals surface area contributed by atoms with Crippen LogP contribution in [0.4, 0.5) is 16.2 Å². The lowest BCUT2D eigenvalue weighted by molar-refractivity contribution is 0.187. The van der Waals surface area contributed by atoms with E-state index in [0.717, 1.165) is 18.2 Å². The number of fused-ring (bicyclic) bond motifs is 1. The van der Waals surface area contributed by atoms with Crippen LogP contribution in [0.5, 0.6) is 0 Å². The van der Waals surface area contributed by atoms with Crippen LogP contribution < -0.4 is 11.1 Å². The number of anilines is 2. The average molecular weight is 419 g/mol. The van der Waals surface area contributed by atoms with E-state index in [0.29, 0.717) is 28.3 Å². The van der Waals surface area contributed by atoms with Gasteiger partial charge in [-0.3, -0.25) is 0 Å². The molecule has 6 nitrogen and oxygen atoms in total. The maximum absolute atomic E-state index is 13.9. The lowest BCUT2D eigenvalue weighted by atomic mass is 9.86. The number of hydrogen-bond donors (Lipinski definition) is 3. The van der Waals surface area contributed by atoms with E-state index in [1.54, 1.807) is 19.1 Å². The standard InChI is InChI=1S/C21H24ClFN4O2/c1-10-6-13-7-16(29-15(13)8-14(10)23)17-18(22)25-20(24)26-19(17)27-21(3)5-4-12(9-28)11(21)2/h6-8,11-12,28H,4-5,9H2,1-3H3,(H3,24,25,26,27). The summed E-state index contributed by atoms with van der Waals surface area (Å²) < 4.78 is 19.8. The Morgan fingerprint density at radius 2 is 2.14 bits per heavy atom. The third-order valence-corrected chi connectivity index (χ3v) is 6.58. The van der Waals surface area contributed by atoms with Crippen LogP contribution in [0, 0.1) is 24.6 Å². The van der Waals surface area contributed by atoms with E-state index in [9.17, 15) is 9.50 Å². The Morgan fingerprint density at radius 3 is 2.83 bits per heavy atom. The average Bonchev–Trinajstić information content (AvgIpc) is 3.15. The van der Waals surface area contributed by atoms with Crippen molar-refractivity contribution < 1.29 is 13.9 Å². The molecule has 2 heterocycles. The van der Waals surface area contributed by atoms with Gasteiger partial charge in [0.1, 0.15) is 28.1 Å². The maximum atomic E-state index is 13.9. The van der Waals surface area contributed by atoms with E-state index in [-0.39, 0.29) is 40.9 Å². The molecule has 0 aliphatic heterocycles. The number of nitrogens with one attached hydrogen (secondary N) is 1. The van der Waals surface area contributed by atoms with Crippen molar-refractivity contribution in [2.45, 2.75) is 39.2 Å². The topological polar surface area (TPSA) is 97.2 Å². The molecule has 0 amide bonds. The predicted molar refractivity (Wildman–Crippen MR) is 112 cm³/mol. The Hall–Kier alpha value is -2.38. The molecule has 1 aliphatic rings. The molecule has 1 aliphatic carbocycles. The van der Waals surface area contributed by atoms with E-state index in [1.807, 2.05) is 0 Å². The number of nitrogens with two attached hydrogens (primary N) is 1. The van der Waals surface area contributed by atoms with Gasteiger partial charge in [0.15, 0.2) is 0 Å². The molecule has 0 bridgehead atoms. The number of aliphatic hydroxyl groups is 1. The van der Waals surface area contributed by atoms with Gasteiger partial charge in [0.2, 0.25) is 5.95 Å². The molecule has 154 valence electrons. The number of hydrogen-bond acceptors (Lipinski definition) is 6. The number of furan rings is 1. The van der Waals surface area contributed by atoms with Crippen LogP contribution in [0.25, 0.3) is 22.3 Å². The van der Waals surface area contributed by atoms with Gasteiger partial charge in [0, 0.05) is 23.6 Å². The first-order valence-corrected chi connectivity index (χ1v) is 10.0. The second-order valence-electron chi connectivity index (χ2n) is 8.16. The summed E-state index contributed by atoms with van der Waals surface area (Å²) in [4.78, 5) is 8.47. The quantitative estimate of drug-likeness (QED) is 0.527. The monoisotopic (exact) mass is 418 g/mol. The van der Waals surface area contributed by atoms with Crippen molar-refractivity contribution >= 4 is 34.3 Å². The van der Waals surface area contributed by atoms with Crippen molar-refractivity contribution in [1.29, 1.82) is 0 Å². The highest BCUT2D eigenvalue weighted by molar-refractivity contribution is 6.32. The van der Waals surface area contributed by atoms with Gasteiger partial charge < -0.3 is 20.6 Å². The van der Waals surface area contributed by atoms with Gasteiger partial charge in [0.25, 0.3) is 0 Å². The lowest BCUT2D eigenvalue weighted by Crippen LogP contribution is -2.40. The highest BCUT2D eigenvalue weighted by Crippen LogP contribution is 2.44. The Labute approximate surface area is 173 Å². The van der Waals surface area contributed by atoms with E-state index in [4.69, 9.17) is 21.8 Å². The SMILES string of the molecule is Cc1cc2cc(-c3c(Cl)nc(N)nc3NC3(C)CCC(CO)C3C)oc2cc1F. The van der Waals surface area contributed by atoms with Crippen LogP contribution in [0.1, 0.15) is 32.3 Å². The van der Waals surface area contributed by atoms with Gasteiger partial charge in [-0.25, -0.2) is 9.37 Å². The molecule has 1 saturated carbocycles. The minimum atomic E-state index is -0.335. The summed E-state index contributed by atoms with van der Waals surface area (Å²) in [5, 5.41) is 14.0. The fraction of sp³-hybridized carbons (Fsp3) is 0.429. The number of aryl methyl sites for hydroxylation is 1. The van der Waals surface area contributed by atoms with Crippen LogP contribution in [0.3, 0.4) is 0 Å². The Bertz CT molecular complexity index is 1050. The predicted octanol–water partition coefficient (Wildman–Crippen LogP) is 4.78. The number of nitrogen functional groups attached to an aromatic ring is 1. The molecule has 1 aromatic carbocycles. The molecule has 29 heavy (non-hydrogen) atoms. The van der Waals surface area contributed by atoms with Gasteiger partial charge in [-0.1, -0.05) is 18.5 Å². The molecule has 0 spiro atoms. The molecule has 2 aromatic heterocycles. The number of halogens is 2. The fourth-order valence-corrected chi connectivity index (χ4v) is 4.51. The second-order valence-corrected chi connectivity index (χ2v) is 8.52. The first-order valence-electron chi connectivity index (χ1n) is 9.64. The summed E-state index contributed by atoms with van der Waals surface area (Å²) in [7, 11) is 0. The Morgan fingerprint density at radius 1 is 1.38 bits per heavy atom. The Balaban J connectivity index is 1.81. The summed E-state index contributed by atoms with van der Waals surface area (Å²) in [5.74, 6) is 1.04. The van der Waals surface area contributed by atoms with E-state index >= 15 is 0 Å². The molecule has 3 atom stereocenters. The number of nitrogens with zero attached hydrogens (tertiary/aromatic N) is 2. The zero-order chi connectivity index (χ0) is 20.9. The van der Waals surface area contributed by atoms with Crippen molar-refractivity contribution in [3.05, 3.63) is 34.7 Å². The van der Waals surface area contributed by atoms with E-state index in [1.165, 1.54) is 6.07 Å². The molecular weight excluding hydrogens is 395 g/mol. The summed E-state index contributed by atoms with van der Waals surface area (Å²) in [6, 6.07) is 4.88.